The molecule has 4 heterocycles. The van der Waals surface area contributed by atoms with E-state index in [0.717, 1.165) is 38.9 Å². The molecule has 55 heavy (non-hydrogen) atoms. The first-order valence-electron chi connectivity index (χ1n) is 18.8. The third-order valence-corrected chi connectivity index (χ3v) is 11.1. The number of phenolic OH excluding ortho intramolecular Hbond substituents is 1. The summed E-state index contributed by atoms with van der Waals surface area (Å²) < 4.78 is 12.1. The number of aromatic hydroxyl groups is 1. The molecule has 0 unspecified atom stereocenters. The van der Waals surface area contributed by atoms with E-state index < -0.39 is 6.10 Å². The Morgan fingerprint density at radius 1 is 1.11 bits per heavy atom. The monoisotopic (exact) mass is 770 g/mol. The number of fused-ring (bicyclic) bond motifs is 1. The van der Waals surface area contributed by atoms with Crippen LogP contribution in [0.1, 0.15) is 64.5 Å². The molecular formula is C41H50N6O7S. The first kappa shape index (κ1) is 40.1. The third kappa shape index (κ3) is 10.6. The van der Waals surface area contributed by atoms with Gasteiger partial charge in [-0.3, -0.25) is 19.3 Å². The quantitative estimate of drug-likeness (QED) is 0.104. The van der Waals surface area contributed by atoms with E-state index in [1.165, 1.54) is 34.6 Å². The number of benzene rings is 2. The molecule has 292 valence electrons. The maximum Gasteiger partial charge on any atom is 0.273 e. The maximum absolute atomic E-state index is 13.2. The number of rotatable bonds is 15. The van der Waals surface area contributed by atoms with E-state index in [-0.39, 0.29) is 41.7 Å². The van der Waals surface area contributed by atoms with Crippen molar-refractivity contribution in [2.75, 3.05) is 72.7 Å². The molecule has 4 N–H and O–H groups in total. The molecule has 2 aromatic carbocycles. The smallest absolute Gasteiger partial charge is 0.273 e. The second kappa shape index (κ2) is 18.8. The van der Waals surface area contributed by atoms with E-state index in [1.54, 1.807) is 36.4 Å². The highest BCUT2D eigenvalue weighted by atomic mass is 32.1. The number of likely N-dealkylation sites (tertiary alicyclic amines) is 1. The number of H-pyrrole nitrogens is 1. The van der Waals surface area contributed by atoms with Crippen LogP contribution in [0.15, 0.2) is 58.7 Å². The van der Waals surface area contributed by atoms with Gasteiger partial charge in [0.1, 0.15) is 11.4 Å². The van der Waals surface area contributed by atoms with Gasteiger partial charge in [-0.15, -0.1) is 11.3 Å². The zero-order valence-corrected chi connectivity index (χ0v) is 32.3. The van der Waals surface area contributed by atoms with Gasteiger partial charge in [0.15, 0.2) is 5.01 Å². The molecule has 13 nitrogen and oxygen atoms in total. The summed E-state index contributed by atoms with van der Waals surface area (Å²) >= 11 is 1.40. The van der Waals surface area contributed by atoms with Crippen LogP contribution in [0, 0.1) is 11.8 Å². The van der Waals surface area contributed by atoms with Crippen LogP contribution in [0.25, 0.3) is 10.9 Å². The fraction of sp³-hybridized carbons (Fsp3) is 0.463. The lowest BCUT2D eigenvalue weighted by atomic mass is 9.89. The van der Waals surface area contributed by atoms with Crippen molar-refractivity contribution in [1.82, 2.24) is 30.0 Å². The van der Waals surface area contributed by atoms with Crippen molar-refractivity contribution in [1.29, 1.82) is 0 Å². The van der Waals surface area contributed by atoms with Gasteiger partial charge in [-0.25, -0.2) is 4.98 Å². The van der Waals surface area contributed by atoms with Crippen molar-refractivity contribution in [2.45, 2.75) is 50.9 Å². The number of amides is 2. The number of aliphatic hydroxyl groups excluding tert-OH is 1. The molecule has 2 amide bonds. The number of ether oxygens (including phenoxy) is 2. The summed E-state index contributed by atoms with van der Waals surface area (Å²) in [4.78, 5) is 50.4. The molecule has 14 heteroatoms. The number of carbonyl (C=O) groups excluding carboxylic acids is 2. The minimum atomic E-state index is -0.863. The number of pyridine rings is 1. The van der Waals surface area contributed by atoms with E-state index in [2.05, 4.69) is 56.3 Å². The second-order valence-corrected chi connectivity index (χ2v) is 15.1. The molecule has 0 radical (unpaired) electrons. The topological polar surface area (TPSA) is 161 Å². The summed E-state index contributed by atoms with van der Waals surface area (Å²) in [5.41, 5.74) is 3.13. The number of thiazole rings is 1. The minimum absolute atomic E-state index is 0.0167. The zero-order chi connectivity index (χ0) is 38.8. The Hall–Kier alpha value is -4.62. The van der Waals surface area contributed by atoms with Gasteiger partial charge in [0.25, 0.3) is 5.91 Å². The summed E-state index contributed by atoms with van der Waals surface area (Å²) in [6, 6.07) is 14.6. The van der Waals surface area contributed by atoms with Gasteiger partial charge >= 0.3 is 0 Å². The van der Waals surface area contributed by atoms with Crippen LogP contribution in [0.4, 0.5) is 0 Å². The fourth-order valence-corrected chi connectivity index (χ4v) is 7.81. The molecule has 0 aliphatic carbocycles. The van der Waals surface area contributed by atoms with Crippen molar-refractivity contribution in [3.05, 3.63) is 91.7 Å². The summed E-state index contributed by atoms with van der Waals surface area (Å²) in [5.74, 6) is 5.65. The minimum Gasteiger partial charge on any atom is -0.506 e. The molecule has 0 bridgehead atoms. The average molecular weight is 771 g/mol. The van der Waals surface area contributed by atoms with Gasteiger partial charge < -0.3 is 39.8 Å². The maximum atomic E-state index is 13.2. The lowest BCUT2D eigenvalue weighted by molar-refractivity contribution is -0.131. The number of hydrogen-bond acceptors (Lipinski definition) is 11. The number of aromatic nitrogens is 2. The highest BCUT2D eigenvalue weighted by Gasteiger charge is 2.41. The Morgan fingerprint density at radius 3 is 2.67 bits per heavy atom. The number of carbonyl (C=O) groups is 2. The first-order valence-corrected chi connectivity index (χ1v) is 19.7. The molecule has 1 spiro atoms. The van der Waals surface area contributed by atoms with E-state index >= 15 is 0 Å². The normalized spacial score (nSPS) is 16.2. The molecule has 2 saturated heterocycles. The Bertz CT molecular complexity index is 2050. The van der Waals surface area contributed by atoms with E-state index in [0.29, 0.717) is 73.2 Å². The molecule has 2 fully saturated rings. The van der Waals surface area contributed by atoms with Gasteiger partial charge in [0, 0.05) is 69.7 Å². The predicted octanol–water partition coefficient (Wildman–Crippen LogP) is 3.30. The van der Waals surface area contributed by atoms with Crippen molar-refractivity contribution in [3.8, 4) is 17.6 Å². The van der Waals surface area contributed by atoms with Gasteiger partial charge in [-0.05, 0) is 60.9 Å². The van der Waals surface area contributed by atoms with Crippen LogP contribution in [0.2, 0.25) is 0 Å². The molecular weight excluding hydrogens is 721 g/mol. The van der Waals surface area contributed by atoms with Crippen LogP contribution in [-0.4, -0.2) is 125 Å². The molecule has 2 aromatic heterocycles. The number of likely N-dealkylation sites (N-methyl/N-ethyl adjacent to an activating group) is 1. The van der Waals surface area contributed by atoms with Gasteiger partial charge in [0.05, 0.1) is 50.0 Å². The highest BCUT2D eigenvalue weighted by Crippen LogP contribution is 2.32. The molecule has 6 rings (SSSR count). The largest absolute Gasteiger partial charge is 0.506 e. The summed E-state index contributed by atoms with van der Waals surface area (Å²) in [6.07, 6.45) is 1.93. The van der Waals surface area contributed by atoms with Crippen molar-refractivity contribution < 1.29 is 29.3 Å². The summed E-state index contributed by atoms with van der Waals surface area (Å²) in [5, 5.41) is 27.0. The van der Waals surface area contributed by atoms with Gasteiger partial charge in [0.2, 0.25) is 11.5 Å². The molecule has 0 saturated carbocycles. The summed E-state index contributed by atoms with van der Waals surface area (Å²) in [7, 11) is 1.75. The van der Waals surface area contributed by atoms with Crippen molar-refractivity contribution in [3.63, 3.8) is 0 Å². The van der Waals surface area contributed by atoms with E-state index in [4.69, 9.17) is 9.47 Å². The van der Waals surface area contributed by atoms with Crippen LogP contribution < -0.4 is 10.9 Å². The highest BCUT2D eigenvalue weighted by molar-refractivity contribution is 7.10. The Morgan fingerprint density at radius 2 is 1.89 bits per heavy atom. The van der Waals surface area contributed by atoms with E-state index in [1.807, 2.05) is 4.90 Å². The first-order chi connectivity index (χ1) is 26.6. The van der Waals surface area contributed by atoms with Gasteiger partial charge in [-0.1, -0.05) is 36.3 Å². The summed E-state index contributed by atoms with van der Waals surface area (Å²) in [6.45, 7) is 8.21. The number of phenols is 1. The molecule has 2 aliphatic rings. The Kier molecular flexibility index (Phi) is 13.7. The molecule has 2 aliphatic heterocycles. The number of hydrogen-bond donors (Lipinski definition) is 4. The van der Waals surface area contributed by atoms with Gasteiger partial charge in [-0.2, -0.15) is 0 Å². The van der Waals surface area contributed by atoms with Crippen LogP contribution in [0.3, 0.4) is 0 Å². The number of nitrogens with zero attached hydrogens (tertiary/aromatic N) is 4. The SMILES string of the molecule is CC#Cc1nc(C(=O)N2CCOC3(CCN(Cc4ccc(CCOCCC(=O)N(C)CCNC[C@H](O)c5ccc(O)c6[nH]c(=O)ccc56)cc4)CC3)C2)cs1. The number of nitrogens with one attached hydrogen (secondary N) is 2. The van der Waals surface area contributed by atoms with Crippen molar-refractivity contribution >= 4 is 34.1 Å². The standard InChI is InChI=1S/C41H50N6O7S/c1-3-4-37-43-33(27-55-37)40(52)47-21-24-54-41(28-47)15-18-46(19-16-41)26-30-7-5-29(6-8-30)13-22-53-23-14-38(51)45(2)20-17-42-25-35(49)31-9-11-34(48)39-32(31)10-12-36(50)44-39/h5-12,27,35,42,48-49H,13-26,28H2,1-2H3,(H,44,50)/t35-/m0/s1. The number of aliphatic hydroxyl groups is 1. The fourth-order valence-electron chi connectivity index (χ4n) is 7.12. The lowest BCUT2D eigenvalue weighted by Gasteiger charge is -2.47. The Labute approximate surface area is 325 Å². The lowest BCUT2D eigenvalue weighted by Crippen LogP contribution is -2.58. The number of aromatic amines is 1. The number of piperidine rings is 1. The molecule has 4 aromatic rings. The van der Waals surface area contributed by atoms with E-state index in [9.17, 15) is 24.6 Å². The van der Waals surface area contributed by atoms with Crippen LogP contribution in [-0.2, 0) is 27.2 Å². The second-order valence-electron chi connectivity index (χ2n) is 14.2. The predicted molar refractivity (Wildman–Crippen MR) is 211 cm³/mol. The zero-order valence-electron chi connectivity index (χ0n) is 31.5. The Balaban J connectivity index is 0.835. The average Bonchev–Trinajstić information content (AvgIpc) is 3.66. The van der Waals surface area contributed by atoms with Crippen molar-refractivity contribution in [2.24, 2.45) is 0 Å². The van der Waals surface area contributed by atoms with Crippen LogP contribution in [0.5, 0.6) is 5.75 Å². The number of morpholine rings is 1. The third-order valence-electron chi connectivity index (χ3n) is 10.3. The van der Waals surface area contributed by atoms with Crippen LogP contribution >= 0.6 is 11.3 Å². The molecule has 1 atom stereocenters.